The topological polar surface area (TPSA) is 80.5 Å². The number of nitrogens with zero attached hydrogens (tertiary/aromatic N) is 4. The molecule has 2 fully saturated rings. The van der Waals surface area contributed by atoms with Crippen LogP contribution in [-0.2, 0) is 4.79 Å². The predicted octanol–water partition coefficient (Wildman–Crippen LogP) is 4.86. The maximum atomic E-state index is 12.0. The van der Waals surface area contributed by atoms with Crippen LogP contribution in [0.2, 0.25) is 0 Å². The number of anilines is 1. The number of pyridine rings is 1. The van der Waals surface area contributed by atoms with E-state index in [1.54, 1.807) is 12.1 Å². The molecule has 35 heavy (non-hydrogen) atoms. The number of hydrogen-bond donors (Lipinski definition) is 1. The number of benzene rings is 3. The van der Waals surface area contributed by atoms with Crippen molar-refractivity contribution < 1.29 is 9.90 Å². The Morgan fingerprint density at radius 3 is 2.60 bits per heavy atom. The van der Waals surface area contributed by atoms with Crippen LogP contribution >= 0.6 is 0 Å². The lowest BCUT2D eigenvalue weighted by molar-refractivity contribution is -0.136. The third-order valence-corrected chi connectivity index (χ3v) is 7.38. The Bertz CT molecular complexity index is 1560. The maximum absolute atomic E-state index is 12.0. The molecule has 0 bridgehead atoms. The fraction of sp³-hybridized carbons (Fsp3) is 0.207. The van der Waals surface area contributed by atoms with Crippen LogP contribution in [0.5, 0.6) is 5.75 Å². The van der Waals surface area contributed by atoms with Crippen LogP contribution in [0, 0.1) is 16.7 Å². The van der Waals surface area contributed by atoms with Crippen molar-refractivity contribution in [3.63, 3.8) is 0 Å². The fourth-order valence-corrected chi connectivity index (χ4v) is 5.74. The second-order valence-electron chi connectivity index (χ2n) is 9.60. The van der Waals surface area contributed by atoms with Gasteiger partial charge >= 0.3 is 0 Å². The number of carbonyl (C=O) groups excluding carboxylic acids is 1. The van der Waals surface area contributed by atoms with Crippen molar-refractivity contribution in [2.24, 2.45) is 5.41 Å². The van der Waals surface area contributed by atoms with Crippen molar-refractivity contribution in [1.29, 1.82) is 5.26 Å². The molecule has 0 aliphatic carbocycles. The molecular weight excluding hydrogens is 436 g/mol. The Morgan fingerprint density at radius 2 is 1.83 bits per heavy atom. The van der Waals surface area contributed by atoms with Gasteiger partial charge in [0.15, 0.2) is 0 Å². The monoisotopic (exact) mass is 460 g/mol. The number of para-hydroxylation sites is 1. The minimum Gasteiger partial charge on any atom is -0.508 e. The van der Waals surface area contributed by atoms with Gasteiger partial charge < -0.3 is 14.9 Å². The lowest BCUT2D eigenvalue weighted by Gasteiger charge is -2.47. The van der Waals surface area contributed by atoms with Crippen LogP contribution in [-0.4, -0.2) is 47.1 Å². The number of rotatable bonds is 3. The molecule has 4 aromatic rings. The molecule has 0 saturated carbocycles. The quantitative estimate of drug-likeness (QED) is 0.442. The summed E-state index contributed by atoms with van der Waals surface area (Å²) in [5, 5.41) is 23.7. The van der Waals surface area contributed by atoms with E-state index in [0.717, 1.165) is 52.3 Å². The van der Waals surface area contributed by atoms with E-state index in [9.17, 15) is 15.2 Å². The van der Waals surface area contributed by atoms with Gasteiger partial charge in [0.2, 0.25) is 5.91 Å². The minimum atomic E-state index is -0.0336. The summed E-state index contributed by atoms with van der Waals surface area (Å²) in [5.41, 5.74) is 2.95. The van der Waals surface area contributed by atoms with Gasteiger partial charge in [0, 0.05) is 42.5 Å². The molecule has 1 spiro atoms. The van der Waals surface area contributed by atoms with Gasteiger partial charge in [-0.15, -0.1) is 0 Å². The van der Waals surface area contributed by atoms with Crippen LogP contribution in [0.3, 0.4) is 0 Å². The first-order valence-electron chi connectivity index (χ1n) is 11.7. The Labute approximate surface area is 203 Å². The average Bonchev–Trinajstić information content (AvgIpc) is 3.31. The van der Waals surface area contributed by atoms with Gasteiger partial charge in [-0.25, -0.2) is 4.98 Å². The standard InChI is InChI=1S/C29H24N4O2/c1-2-26(35)33-17-29(18-33)11-12-32(16-29)28-24(15-30)27(22-9-5-6-10-25(22)31-28)23-14-20(34)13-19-7-3-4-8-21(19)23/h2-10,13-14,34H,1,11-12,16-18H2. The van der Waals surface area contributed by atoms with Crippen molar-refractivity contribution in [1.82, 2.24) is 9.88 Å². The van der Waals surface area contributed by atoms with E-state index >= 15 is 0 Å². The van der Waals surface area contributed by atoms with Gasteiger partial charge in [0.1, 0.15) is 23.2 Å². The van der Waals surface area contributed by atoms with E-state index in [1.165, 1.54) is 6.08 Å². The van der Waals surface area contributed by atoms with E-state index in [-0.39, 0.29) is 17.1 Å². The third-order valence-electron chi connectivity index (χ3n) is 7.38. The number of hydrogen-bond acceptors (Lipinski definition) is 5. The average molecular weight is 461 g/mol. The van der Waals surface area contributed by atoms with Crippen molar-refractivity contribution in [2.75, 3.05) is 31.1 Å². The predicted molar refractivity (Wildman–Crippen MR) is 137 cm³/mol. The highest BCUT2D eigenvalue weighted by atomic mass is 16.3. The largest absolute Gasteiger partial charge is 0.508 e. The number of fused-ring (bicyclic) bond motifs is 2. The smallest absolute Gasteiger partial charge is 0.245 e. The number of phenols is 1. The molecule has 0 radical (unpaired) electrons. The van der Waals surface area contributed by atoms with Crippen LogP contribution in [0.4, 0.5) is 5.82 Å². The van der Waals surface area contributed by atoms with Crippen LogP contribution < -0.4 is 4.90 Å². The minimum absolute atomic E-state index is 0.0244. The van der Waals surface area contributed by atoms with Crippen LogP contribution in [0.1, 0.15) is 12.0 Å². The number of likely N-dealkylation sites (tertiary alicyclic amines) is 1. The number of nitriles is 1. The number of aromatic hydroxyl groups is 1. The summed E-state index contributed by atoms with van der Waals surface area (Å²) in [6.07, 6.45) is 2.31. The first-order valence-corrected chi connectivity index (χ1v) is 11.7. The maximum Gasteiger partial charge on any atom is 0.245 e. The van der Waals surface area contributed by atoms with Gasteiger partial charge in [-0.2, -0.15) is 5.26 Å². The first-order chi connectivity index (χ1) is 17.0. The van der Waals surface area contributed by atoms with Gasteiger partial charge in [0.25, 0.3) is 0 Å². The molecule has 3 heterocycles. The number of phenolic OH excluding ortho intramolecular Hbond substituents is 1. The van der Waals surface area contributed by atoms with E-state index in [4.69, 9.17) is 4.98 Å². The molecule has 2 aliphatic heterocycles. The Morgan fingerprint density at radius 1 is 1.09 bits per heavy atom. The number of carbonyl (C=O) groups is 1. The summed E-state index contributed by atoms with van der Waals surface area (Å²) in [6.45, 7) is 6.52. The van der Waals surface area contributed by atoms with Crippen LogP contribution in [0.25, 0.3) is 32.8 Å². The van der Waals surface area contributed by atoms with Gasteiger partial charge in [-0.05, 0) is 47.0 Å². The molecule has 6 heteroatoms. The molecule has 3 aromatic carbocycles. The lowest BCUT2D eigenvalue weighted by atomic mass is 9.79. The summed E-state index contributed by atoms with van der Waals surface area (Å²) >= 11 is 0. The van der Waals surface area contributed by atoms with E-state index in [2.05, 4.69) is 17.5 Å². The van der Waals surface area contributed by atoms with Crippen LogP contribution in [0.15, 0.2) is 73.3 Å². The molecule has 0 atom stereocenters. The second-order valence-corrected chi connectivity index (χ2v) is 9.60. The SMILES string of the molecule is C=CC(=O)N1CC2(CCN(c3nc4ccccc4c(-c4cc(O)cc5ccccc45)c3C#N)C2)C1. The highest BCUT2D eigenvalue weighted by molar-refractivity contribution is 6.08. The van der Waals surface area contributed by atoms with Gasteiger partial charge in [0.05, 0.1) is 5.52 Å². The molecule has 1 N–H and O–H groups in total. The molecule has 2 saturated heterocycles. The molecule has 1 aromatic heterocycles. The van der Waals surface area contributed by atoms with Crippen molar-refractivity contribution in [3.8, 4) is 22.9 Å². The Kier molecular flexibility index (Phi) is 4.75. The summed E-state index contributed by atoms with van der Waals surface area (Å²) in [6, 6.07) is 21.7. The molecule has 6 rings (SSSR count). The van der Waals surface area contributed by atoms with E-state index < -0.39 is 0 Å². The highest BCUT2D eigenvalue weighted by Crippen LogP contribution is 2.45. The zero-order valence-corrected chi connectivity index (χ0v) is 19.2. The molecular formula is C29H24N4O2. The van der Waals surface area contributed by atoms with Crippen molar-refractivity contribution >= 4 is 33.4 Å². The summed E-state index contributed by atoms with van der Waals surface area (Å²) in [7, 11) is 0. The fourth-order valence-electron chi connectivity index (χ4n) is 5.74. The number of aromatic nitrogens is 1. The zero-order valence-electron chi connectivity index (χ0n) is 19.2. The molecule has 172 valence electrons. The molecule has 6 nitrogen and oxygen atoms in total. The molecule has 2 aliphatic rings. The van der Waals surface area contributed by atoms with Gasteiger partial charge in [-0.3, -0.25) is 4.79 Å². The Balaban J connectivity index is 1.51. The highest BCUT2D eigenvalue weighted by Gasteiger charge is 2.49. The van der Waals surface area contributed by atoms with E-state index in [0.29, 0.717) is 24.5 Å². The normalized spacial score (nSPS) is 16.4. The zero-order chi connectivity index (χ0) is 24.2. The Hall–Kier alpha value is -4.37. The first kappa shape index (κ1) is 21.2. The molecule has 1 amide bonds. The molecule has 0 unspecified atom stereocenters. The third kappa shape index (κ3) is 3.31. The lowest BCUT2D eigenvalue weighted by Crippen LogP contribution is -2.59. The van der Waals surface area contributed by atoms with E-state index in [1.807, 2.05) is 53.4 Å². The summed E-state index contributed by atoms with van der Waals surface area (Å²) in [4.78, 5) is 21.0. The summed E-state index contributed by atoms with van der Waals surface area (Å²) < 4.78 is 0. The van der Waals surface area contributed by atoms with Crippen molar-refractivity contribution in [3.05, 3.63) is 78.9 Å². The summed E-state index contributed by atoms with van der Waals surface area (Å²) in [5.74, 6) is 0.791. The second kappa shape index (κ2) is 7.85. The van der Waals surface area contributed by atoms with Crippen molar-refractivity contribution in [2.45, 2.75) is 6.42 Å². The number of amides is 1. The van der Waals surface area contributed by atoms with Gasteiger partial charge in [-0.1, -0.05) is 49.0 Å².